The summed E-state index contributed by atoms with van der Waals surface area (Å²) in [5.74, 6) is 0.219. The second kappa shape index (κ2) is 5.04. The Labute approximate surface area is 105 Å². The molecule has 0 aromatic carbocycles. The topological polar surface area (TPSA) is 95.9 Å². The van der Waals surface area contributed by atoms with Gasteiger partial charge in [-0.25, -0.2) is 9.97 Å². The van der Waals surface area contributed by atoms with Crippen molar-refractivity contribution < 1.29 is 9.30 Å². The van der Waals surface area contributed by atoms with Crippen LogP contribution >= 0.6 is 7.14 Å². The van der Waals surface area contributed by atoms with Crippen molar-refractivity contribution in [3.05, 3.63) is 12.5 Å². The molecule has 0 amide bonds. The van der Waals surface area contributed by atoms with Gasteiger partial charge in [0.15, 0.2) is 5.65 Å². The van der Waals surface area contributed by atoms with E-state index in [-0.39, 0.29) is 12.3 Å². The van der Waals surface area contributed by atoms with Gasteiger partial charge in [-0.2, -0.15) is 4.98 Å². The van der Waals surface area contributed by atoms with Gasteiger partial charge in [0.25, 0.3) is 0 Å². The first-order valence-corrected chi connectivity index (χ1v) is 8.29. The molecule has 2 rings (SSSR count). The first-order chi connectivity index (χ1) is 8.46. The number of aromatic nitrogens is 4. The Hall–Kier alpha value is -1.46. The Morgan fingerprint density at radius 1 is 1.44 bits per heavy atom. The number of rotatable bonds is 5. The summed E-state index contributed by atoms with van der Waals surface area (Å²) in [5.41, 5.74) is 6.91. The average Bonchev–Trinajstić information content (AvgIpc) is 2.66. The van der Waals surface area contributed by atoms with E-state index in [4.69, 9.17) is 10.5 Å². The average molecular weight is 269 g/mol. The minimum Gasteiger partial charge on any atom is -0.372 e. The molecule has 0 bridgehead atoms. The van der Waals surface area contributed by atoms with Crippen LogP contribution in [0.25, 0.3) is 11.2 Å². The summed E-state index contributed by atoms with van der Waals surface area (Å²) in [7, 11) is -2.12. The third kappa shape index (κ3) is 3.27. The Morgan fingerprint density at radius 3 is 2.94 bits per heavy atom. The number of hydrogen-bond donors (Lipinski definition) is 1. The van der Waals surface area contributed by atoms with Gasteiger partial charge in [-0.15, -0.1) is 0 Å². The molecule has 0 aliphatic carbocycles. The molecule has 0 saturated carbocycles. The molecule has 8 heteroatoms. The molecule has 2 aromatic heterocycles. The van der Waals surface area contributed by atoms with E-state index in [1.165, 1.54) is 0 Å². The first-order valence-electron chi connectivity index (χ1n) is 5.51. The van der Waals surface area contributed by atoms with Gasteiger partial charge in [-0.05, 0) is 13.3 Å². The van der Waals surface area contributed by atoms with Crippen molar-refractivity contribution in [1.82, 2.24) is 19.5 Å². The quantitative estimate of drug-likeness (QED) is 0.642. The van der Waals surface area contributed by atoms with Gasteiger partial charge in [-0.3, -0.25) is 0 Å². The van der Waals surface area contributed by atoms with Gasteiger partial charge in [-0.1, -0.05) is 0 Å². The highest BCUT2D eigenvalue weighted by Gasteiger charge is 2.08. The summed E-state index contributed by atoms with van der Waals surface area (Å²) in [5, 5.41) is 0. The molecular formula is C10H16N5O2P. The molecule has 98 valence electrons. The molecule has 2 aromatic rings. The van der Waals surface area contributed by atoms with Crippen LogP contribution in [0, 0.1) is 0 Å². The summed E-state index contributed by atoms with van der Waals surface area (Å²) in [6, 6.07) is 0. The van der Waals surface area contributed by atoms with Gasteiger partial charge in [0.2, 0.25) is 5.95 Å². The van der Waals surface area contributed by atoms with Crippen LogP contribution in [0.2, 0.25) is 0 Å². The third-order valence-corrected chi connectivity index (χ3v) is 3.06. The maximum atomic E-state index is 11.5. The Morgan fingerprint density at radius 2 is 2.22 bits per heavy atom. The molecular weight excluding hydrogens is 253 g/mol. The molecule has 0 radical (unpaired) electrons. The highest BCUT2D eigenvalue weighted by Crippen LogP contribution is 2.35. The Balaban J connectivity index is 2.00. The van der Waals surface area contributed by atoms with Crippen LogP contribution in [0.1, 0.15) is 0 Å². The fraction of sp³-hybridized carbons (Fsp3) is 0.500. The molecule has 0 fully saturated rings. The molecule has 0 saturated heterocycles. The van der Waals surface area contributed by atoms with E-state index in [1.807, 2.05) is 4.57 Å². The summed E-state index contributed by atoms with van der Waals surface area (Å²) >= 11 is 0. The van der Waals surface area contributed by atoms with Gasteiger partial charge < -0.3 is 19.6 Å². The smallest absolute Gasteiger partial charge is 0.222 e. The van der Waals surface area contributed by atoms with Crippen molar-refractivity contribution in [3.8, 4) is 0 Å². The minimum absolute atomic E-state index is 0.219. The first kappa shape index (κ1) is 13.0. The SMILES string of the molecule is CP(C)(=O)COCCn1cnc2cnc(N)nc21. The molecule has 0 unspecified atom stereocenters. The van der Waals surface area contributed by atoms with E-state index in [2.05, 4.69) is 15.0 Å². The van der Waals surface area contributed by atoms with Crippen LogP contribution in [0.3, 0.4) is 0 Å². The highest BCUT2D eigenvalue weighted by atomic mass is 31.2. The lowest BCUT2D eigenvalue weighted by Gasteiger charge is -2.08. The molecule has 0 aliphatic rings. The third-order valence-electron chi connectivity index (χ3n) is 2.26. The monoisotopic (exact) mass is 269 g/mol. The van der Waals surface area contributed by atoms with E-state index < -0.39 is 7.14 Å². The van der Waals surface area contributed by atoms with Gasteiger partial charge in [0.05, 0.1) is 25.5 Å². The summed E-state index contributed by atoms with van der Waals surface area (Å²) in [6.45, 7) is 4.45. The number of hydrogen-bond acceptors (Lipinski definition) is 6. The number of fused-ring (bicyclic) bond motifs is 1. The number of nitrogen functional groups attached to an aromatic ring is 1. The molecule has 18 heavy (non-hydrogen) atoms. The second-order valence-electron chi connectivity index (χ2n) is 4.49. The zero-order chi connectivity index (χ0) is 13.2. The standard InChI is InChI=1S/C10H16N5O2P/c1-18(2,16)7-17-4-3-15-6-13-8-5-12-10(11)14-9(8)15/h5-6H,3-4,7H2,1-2H3,(H2,11,12,14). The lowest BCUT2D eigenvalue weighted by atomic mass is 10.5. The predicted octanol–water partition coefficient (Wildman–Crippen LogP) is 1.01. The van der Waals surface area contributed by atoms with Crippen LogP contribution in [-0.2, 0) is 15.8 Å². The van der Waals surface area contributed by atoms with Crippen molar-refractivity contribution in [2.24, 2.45) is 0 Å². The number of nitrogens with two attached hydrogens (primary N) is 1. The van der Waals surface area contributed by atoms with E-state index in [1.54, 1.807) is 25.9 Å². The van der Waals surface area contributed by atoms with E-state index >= 15 is 0 Å². The number of nitrogens with zero attached hydrogens (tertiary/aromatic N) is 4. The lowest BCUT2D eigenvalue weighted by molar-refractivity contribution is 0.167. The zero-order valence-electron chi connectivity index (χ0n) is 10.4. The van der Waals surface area contributed by atoms with E-state index in [0.29, 0.717) is 24.3 Å². The van der Waals surface area contributed by atoms with Crippen LogP contribution in [0.5, 0.6) is 0 Å². The van der Waals surface area contributed by atoms with E-state index in [9.17, 15) is 4.57 Å². The Bertz CT molecular complexity index is 591. The molecule has 2 heterocycles. The number of ether oxygens (including phenoxy) is 1. The fourth-order valence-corrected chi connectivity index (χ4v) is 2.05. The number of imidazole rings is 1. The van der Waals surface area contributed by atoms with Crippen LogP contribution in [-0.4, -0.2) is 45.8 Å². The van der Waals surface area contributed by atoms with Crippen LogP contribution < -0.4 is 5.73 Å². The molecule has 7 nitrogen and oxygen atoms in total. The minimum atomic E-state index is -2.12. The zero-order valence-corrected chi connectivity index (χ0v) is 11.3. The fourth-order valence-electron chi connectivity index (χ4n) is 1.48. The molecule has 2 N–H and O–H groups in total. The van der Waals surface area contributed by atoms with Crippen LogP contribution in [0.15, 0.2) is 12.5 Å². The normalized spacial score (nSPS) is 12.1. The van der Waals surface area contributed by atoms with Crippen molar-refractivity contribution in [3.63, 3.8) is 0 Å². The molecule has 0 aliphatic heterocycles. The largest absolute Gasteiger partial charge is 0.372 e. The molecule has 0 atom stereocenters. The van der Waals surface area contributed by atoms with Crippen molar-refractivity contribution >= 4 is 24.3 Å². The lowest BCUT2D eigenvalue weighted by Crippen LogP contribution is -2.07. The summed E-state index contributed by atoms with van der Waals surface area (Å²) in [6.07, 6.45) is 3.54. The highest BCUT2D eigenvalue weighted by molar-refractivity contribution is 7.62. The summed E-state index contributed by atoms with van der Waals surface area (Å²) < 4.78 is 18.7. The number of anilines is 1. The summed E-state index contributed by atoms with van der Waals surface area (Å²) in [4.78, 5) is 12.2. The maximum absolute atomic E-state index is 11.5. The van der Waals surface area contributed by atoms with E-state index in [0.717, 1.165) is 0 Å². The molecule has 0 spiro atoms. The maximum Gasteiger partial charge on any atom is 0.222 e. The predicted molar refractivity (Wildman–Crippen MR) is 70.0 cm³/mol. The van der Waals surface area contributed by atoms with Crippen molar-refractivity contribution in [2.75, 3.05) is 32.0 Å². The Kier molecular flexibility index (Phi) is 3.63. The second-order valence-corrected chi connectivity index (χ2v) is 7.89. The van der Waals surface area contributed by atoms with Gasteiger partial charge in [0.1, 0.15) is 12.7 Å². The van der Waals surface area contributed by atoms with Crippen molar-refractivity contribution in [1.29, 1.82) is 0 Å². The van der Waals surface area contributed by atoms with Gasteiger partial charge in [0, 0.05) is 6.54 Å². The van der Waals surface area contributed by atoms with Gasteiger partial charge >= 0.3 is 0 Å². The van der Waals surface area contributed by atoms with Crippen molar-refractivity contribution in [2.45, 2.75) is 6.54 Å². The van der Waals surface area contributed by atoms with Crippen LogP contribution in [0.4, 0.5) is 5.95 Å².